The Morgan fingerprint density at radius 3 is 1.66 bits per heavy atom. The zero-order valence-electron chi connectivity index (χ0n) is 22.1. The number of hydrogen-bond acceptors (Lipinski definition) is 2. The first kappa shape index (κ1) is 31.4. The first-order chi connectivity index (χ1) is 15.8. The highest BCUT2D eigenvalue weighted by Crippen LogP contribution is 2.11. The van der Waals surface area contributed by atoms with E-state index in [0.717, 1.165) is 26.1 Å². The highest BCUT2D eigenvalue weighted by molar-refractivity contribution is 4.92. The van der Waals surface area contributed by atoms with Gasteiger partial charge in [0.25, 0.3) is 0 Å². The van der Waals surface area contributed by atoms with Gasteiger partial charge in [-0.2, -0.15) is 0 Å². The Morgan fingerprint density at radius 1 is 0.562 bits per heavy atom. The summed E-state index contributed by atoms with van der Waals surface area (Å²) >= 11 is 0. The van der Waals surface area contributed by atoms with E-state index in [1.807, 2.05) is 0 Å². The molecule has 0 saturated carbocycles. The van der Waals surface area contributed by atoms with Crippen LogP contribution in [0.5, 0.6) is 0 Å². The van der Waals surface area contributed by atoms with Gasteiger partial charge in [-0.15, -0.1) is 0 Å². The van der Waals surface area contributed by atoms with Crippen LogP contribution in [-0.2, 0) is 4.74 Å². The third-order valence-corrected chi connectivity index (χ3v) is 6.25. The van der Waals surface area contributed by atoms with Gasteiger partial charge >= 0.3 is 0 Å². The largest absolute Gasteiger partial charge is 0.380 e. The topological polar surface area (TPSA) is 35.2 Å². The fourth-order valence-corrected chi connectivity index (χ4v) is 4.05. The molecule has 0 heterocycles. The first-order valence-electron chi connectivity index (χ1n) is 14.4. The molecule has 0 bridgehead atoms. The van der Waals surface area contributed by atoms with Crippen LogP contribution in [0, 0.1) is 0 Å². The summed E-state index contributed by atoms with van der Waals surface area (Å²) in [6.07, 6.45) is 36.9. The molecule has 0 aliphatic heterocycles. The molecule has 32 heavy (non-hydrogen) atoms. The summed E-state index contributed by atoms with van der Waals surface area (Å²) in [4.78, 5) is 0. The Hall–Kier alpha value is -0.600. The lowest BCUT2D eigenvalue weighted by molar-refractivity contribution is 0.114. The molecule has 2 heteroatoms. The van der Waals surface area contributed by atoms with Gasteiger partial charge < -0.3 is 10.5 Å². The van der Waals surface area contributed by atoms with Crippen molar-refractivity contribution in [3.8, 4) is 0 Å². The van der Waals surface area contributed by atoms with Crippen LogP contribution in [0.4, 0.5) is 0 Å². The number of ether oxygens (including phenoxy) is 1. The SMILES string of the molecule is CCCCC/C=C\C/C=C\CCCCCCCCOC[C@@H](N)CCCCCCCCCC. The molecule has 0 aliphatic carbocycles. The van der Waals surface area contributed by atoms with Gasteiger partial charge in [0.1, 0.15) is 0 Å². The predicted octanol–water partition coefficient (Wildman–Crippen LogP) is 9.67. The maximum Gasteiger partial charge on any atom is 0.0617 e. The molecule has 1 atom stereocenters. The molecule has 0 fully saturated rings. The minimum atomic E-state index is 0.236. The normalized spacial score (nSPS) is 13.0. The van der Waals surface area contributed by atoms with Crippen molar-refractivity contribution in [3.63, 3.8) is 0 Å². The molecule has 2 N–H and O–H groups in total. The van der Waals surface area contributed by atoms with E-state index in [1.54, 1.807) is 0 Å². The van der Waals surface area contributed by atoms with Crippen molar-refractivity contribution in [2.24, 2.45) is 5.73 Å². The Balaban J connectivity index is 3.21. The van der Waals surface area contributed by atoms with Crippen LogP contribution in [0.3, 0.4) is 0 Å². The molecule has 0 aromatic heterocycles. The number of hydrogen-bond donors (Lipinski definition) is 1. The van der Waals surface area contributed by atoms with Crippen LogP contribution in [0.1, 0.15) is 149 Å². The highest BCUT2D eigenvalue weighted by Gasteiger charge is 2.02. The van der Waals surface area contributed by atoms with Crippen LogP contribution < -0.4 is 5.73 Å². The molecule has 0 radical (unpaired) electrons. The molecule has 0 aromatic carbocycles. The molecule has 0 rings (SSSR count). The third-order valence-electron chi connectivity index (χ3n) is 6.25. The van der Waals surface area contributed by atoms with Crippen molar-refractivity contribution in [2.75, 3.05) is 13.2 Å². The molecule has 0 saturated heterocycles. The summed E-state index contributed by atoms with van der Waals surface area (Å²) in [5, 5.41) is 0. The number of unbranched alkanes of at least 4 members (excludes halogenated alkanes) is 16. The molecule has 190 valence electrons. The van der Waals surface area contributed by atoms with Crippen LogP contribution in [0.25, 0.3) is 0 Å². The van der Waals surface area contributed by atoms with E-state index < -0.39 is 0 Å². The lowest BCUT2D eigenvalue weighted by Gasteiger charge is -2.12. The summed E-state index contributed by atoms with van der Waals surface area (Å²) in [6.45, 7) is 6.18. The predicted molar refractivity (Wildman–Crippen MR) is 145 cm³/mol. The van der Waals surface area contributed by atoms with Crippen molar-refractivity contribution < 1.29 is 4.74 Å². The molecule has 0 amide bonds. The van der Waals surface area contributed by atoms with Crippen LogP contribution >= 0.6 is 0 Å². The van der Waals surface area contributed by atoms with E-state index in [2.05, 4.69) is 38.2 Å². The lowest BCUT2D eigenvalue weighted by atomic mass is 10.1. The van der Waals surface area contributed by atoms with Crippen LogP contribution in [-0.4, -0.2) is 19.3 Å². The molecule has 0 unspecified atom stereocenters. The lowest BCUT2D eigenvalue weighted by Crippen LogP contribution is -2.26. The Bertz CT molecular complexity index is 390. The zero-order valence-corrected chi connectivity index (χ0v) is 22.1. The van der Waals surface area contributed by atoms with Crippen molar-refractivity contribution in [3.05, 3.63) is 24.3 Å². The van der Waals surface area contributed by atoms with Gasteiger partial charge in [0.05, 0.1) is 6.61 Å². The molecule has 0 aromatic rings. The van der Waals surface area contributed by atoms with Gasteiger partial charge in [-0.05, 0) is 44.9 Å². The second kappa shape index (κ2) is 28.4. The number of nitrogens with two attached hydrogens (primary N) is 1. The summed E-state index contributed by atoms with van der Waals surface area (Å²) in [5.74, 6) is 0. The fraction of sp³-hybridized carbons (Fsp3) is 0.867. The average molecular weight is 450 g/mol. The maximum absolute atomic E-state index is 6.19. The summed E-state index contributed by atoms with van der Waals surface area (Å²) in [5.41, 5.74) is 6.19. The van der Waals surface area contributed by atoms with Gasteiger partial charge in [0.2, 0.25) is 0 Å². The van der Waals surface area contributed by atoms with Gasteiger partial charge in [-0.1, -0.05) is 128 Å². The highest BCUT2D eigenvalue weighted by atomic mass is 16.5. The number of rotatable bonds is 26. The maximum atomic E-state index is 6.19. The molecule has 0 aliphatic rings. The summed E-state index contributed by atoms with van der Waals surface area (Å²) in [7, 11) is 0. The second-order valence-electron chi connectivity index (χ2n) is 9.68. The standard InChI is InChI=1S/C30H59NO/c1-3-5-7-9-11-13-14-15-16-17-18-19-20-22-24-26-28-32-29-30(31)27-25-23-21-12-10-8-6-4-2/h11,13,15-16,30H,3-10,12,14,17-29,31H2,1-2H3/b13-11-,16-15-/t30-/m0/s1. The van der Waals surface area contributed by atoms with E-state index >= 15 is 0 Å². The second-order valence-corrected chi connectivity index (χ2v) is 9.68. The van der Waals surface area contributed by atoms with Crippen molar-refractivity contribution in [1.82, 2.24) is 0 Å². The zero-order chi connectivity index (χ0) is 23.4. The summed E-state index contributed by atoms with van der Waals surface area (Å²) in [6, 6.07) is 0.236. The molecule has 0 spiro atoms. The van der Waals surface area contributed by atoms with Crippen LogP contribution in [0.2, 0.25) is 0 Å². The van der Waals surface area contributed by atoms with Crippen LogP contribution in [0.15, 0.2) is 24.3 Å². The minimum absolute atomic E-state index is 0.236. The summed E-state index contributed by atoms with van der Waals surface area (Å²) < 4.78 is 5.80. The van der Waals surface area contributed by atoms with Gasteiger partial charge in [0, 0.05) is 12.6 Å². The van der Waals surface area contributed by atoms with E-state index in [-0.39, 0.29) is 6.04 Å². The Labute approximate surface area is 202 Å². The minimum Gasteiger partial charge on any atom is -0.380 e. The average Bonchev–Trinajstić information content (AvgIpc) is 2.80. The van der Waals surface area contributed by atoms with Gasteiger partial charge in [-0.3, -0.25) is 0 Å². The van der Waals surface area contributed by atoms with Crippen molar-refractivity contribution in [2.45, 2.75) is 155 Å². The smallest absolute Gasteiger partial charge is 0.0617 e. The Morgan fingerprint density at radius 2 is 1.03 bits per heavy atom. The third kappa shape index (κ3) is 27.4. The first-order valence-corrected chi connectivity index (χ1v) is 14.4. The van der Waals surface area contributed by atoms with Crippen molar-refractivity contribution in [1.29, 1.82) is 0 Å². The van der Waals surface area contributed by atoms with Crippen molar-refractivity contribution >= 4 is 0 Å². The molecular formula is C30H59NO. The van der Waals surface area contributed by atoms with Gasteiger partial charge in [-0.25, -0.2) is 0 Å². The van der Waals surface area contributed by atoms with E-state index in [1.165, 1.54) is 122 Å². The molecule has 2 nitrogen and oxygen atoms in total. The van der Waals surface area contributed by atoms with E-state index in [0.29, 0.717) is 0 Å². The van der Waals surface area contributed by atoms with Gasteiger partial charge in [0.15, 0.2) is 0 Å². The molecular weight excluding hydrogens is 390 g/mol. The van der Waals surface area contributed by atoms with E-state index in [4.69, 9.17) is 10.5 Å². The van der Waals surface area contributed by atoms with E-state index in [9.17, 15) is 0 Å². The fourth-order valence-electron chi connectivity index (χ4n) is 4.05. The number of allylic oxidation sites excluding steroid dienone is 4. The Kier molecular flexibility index (Phi) is 27.9. The quantitative estimate of drug-likeness (QED) is 0.105. The monoisotopic (exact) mass is 449 g/mol.